The SMILES string of the molecule is CCCCCCCCCCCCCCCCc1ccnc(-c2cc(C(=O)OCC)cc(Br)n2)c1. The summed E-state index contributed by atoms with van der Waals surface area (Å²) in [4.78, 5) is 21.1. The first kappa shape index (κ1) is 28.5. The molecule has 2 aromatic heterocycles. The zero-order chi connectivity index (χ0) is 24.4. The van der Waals surface area contributed by atoms with E-state index in [1.54, 1.807) is 19.1 Å². The lowest BCUT2D eigenvalue weighted by Crippen LogP contribution is -2.05. The molecule has 0 bridgehead atoms. The fraction of sp³-hybridized carbons (Fsp3) is 0.621. The Morgan fingerprint density at radius 2 is 1.38 bits per heavy atom. The van der Waals surface area contributed by atoms with Gasteiger partial charge in [0.2, 0.25) is 0 Å². The molecule has 0 saturated carbocycles. The first-order valence-electron chi connectivity index (χ1n) is 13.4. The third-order valence-corrected chi connectivity index (χ3v) is 6.62. The summed E-state index contributed by atoms with van der Waals surface area (Å²) < 4.78 is 5.73. The molecule has 0 aliphatic rings. The summed E-state index contributed by atoms with van der Waals surface area (Å²) in [5, 5.41) is 0. The Labute approximate surface area is 215 Å². The molecule has 0 amide bonds. The van der Waals surface area contributed by atoms with Crippen molar-refractivity contribution in [3.8, 4) is 11.4 Å². The van der Waals surface area contributed by atoms with Crippen LogP contribution < -0.4 is 0 Å². The quantitative estimate of drug-likeness (QED) is 0.109. The number of pyridine rings is 2. The maximum Gasteiger partial charge on any atom is 0.338 e. The molecule has 2 heterocycles. The number of hydrogen-bond acceptors (Lipinski definition) is 4. The van der Waals surface area contributed by atoms with Gasteiger partial charge in [-0.15, -0.1) is 0 Å². The number of nitrogens with zero attached hydrogens (tertiary/aromatic N) is 2. The first-order valence-corrected chi connectivity index (χ1v) is 14.2. The molecule has 2 rings (SSSR count). The molecular weight excluding hydrogens is 488 g/mol. The molecule has 0 atom stereocenters. The zero-order valence-electron chi connectivity index (χ0n) is 21.3. The lowest BCUT2D eigenvalue weighted by Gasteiger charge is -2.08. The Hall–Kier alpha value is -1.75. The molecule has 188 valence electrons. The van der Waals surface area contributed by atoms with Gasteiger partial charge in [-0.2, -0.15) is 0 Å². The molecule has 4 nitrogen and oxygen atoms in total. The standard InChI is InChI=1S/C29H43BrN2O2/c1-3-5-6-7-8-9-10-11-12-13-14-15-16-17-18-24-19-20-31-26(21-24)27-22-25(23-28(30)32-27)29(33)34-4-2/h19-23H,3-18H2,1-2H3. The van der Waals surface area contributed by atoms with Crippen molar-refractivity contribution >= 4 is 21.9 Å². The lowest BCUT2D eigenvalue weighted by atomic mass is 10.0. The van der Waals surface area contributed by atoms with E-state index in [1.165, 1.54) is 95.5 Å². The monoisotopic (exact) mass is 530 g/mol. The van der Waals surface area contributed by atoms with Crippen LogP contribution in [0, 0.1) is 0 Å². The van der Waals surface area contributed by atoms with E-state index in [4.69, 9.17) is 4.74 Å². The molecule has 0 spiro atoms. The van der Waals surface area contributed by atoms with Crippen LogP contribution in [0.5, 0.6) is 0 Å². The van der Waals surface area contributed by atoms with Crippen LogP contribution in [0.2, 0.25) is 0 Å². The van der Waals surface area contributed by atoms with Crippen LogP contribution in [-0.4, -0.2) is 22.5 Å². The third-order valence-electron chi connectivity index (χ3n) is 6.21. The Balaban J connectivity index is 1.64. The predicted molar refractivity (Wildman–Crippen MR) is 145 cm³/mol. The van der Waals surface area contributed by atoms with E-state index >= 15 is 0 Å². The van der Waals surface area contributed by atoms with Gasteiger partial charge in [0.1, 0.15) is 4.60 Å². The number of esters is 1. The second-order valence-electron chi connectivity index (χ2n) is 9.18. The van der Waals surface area contributed by atoms with Crippen molar-refractivity contribution in [1.29, 1.82) is 0 Å². The normalized spacial score (nSPS) is 11.0. The van der Waals surface area contributed by atoms with Gasteiger partial charge in [-0.3, -0.25) is 4.98 Å². The van der Waals surface area contributed by atoms with Crippen molar-refractivity contribution < 1.29 is 9.53 Å². The van der Waals surface area contributed by atoms with E-state index in [0.29, 0.717) is 22.5 Å². The Morgan fingerprint density at radius 1 is 0.794 bits per heavy atom. The third kappa shape index (κ3) is 11.6. The molecule has 0 aromatic carbocycles. The second-order valence-corrected chi connectivity index (χ2v) is 9.99. The average molecular weight is 532 g/mol. The largest absolute Gasteiger partial charge is 0.462 e. The lowest BCUT2D eigenvalue weighted by molar-refractivity contribution is 0.0526. The van der Waals surface area contributed by atoms with Gasteiger partial charge < -0.3 is 4.74 Å². The van der Waals surface area contributed by atoms with E-state index in [9.17, 15) is 4.79 Å². The highest BCUT2D eigenvalue weighted by atomic mass is 79.9. The molecule has 34 heavy (non-hydrogen) atoms. The number of carbonyl (C=O) groups is 1. The summed E-state index contributed by atoms with van der Waals surface area (Å²) >= 11 is 3.40. The summed E-state index contributed by atoms with van der Waals surface area (Å²) in [5.74, 6) is -0.342. The molecule has 0 radical (unpaired) electrons. The molecule has 0 unspecified atom stereocenters. The molecule has 0 aliphatic heterocycles. The van der Waals surface area contributed by atoms with Crippen molar-refractivity contribution in [2.24, 2.45) is 0 Å². The maximum absolute atomic E-state index is 12.1. The number of hydrogen-bond donors (Lipinski definition) is 0. The van der Waals surface area contributed by atoms with Gasteiger partial charge in [0, 0.05) is 6.20 Å². The minimum Gasteiger partial charge on any atom is -0.462 e. The number of rotatable bonds is 18. The smallest absolute Gasteiger partial charge is 0.338 e. The molecule has 0 N–H and O–H groups in total. The molecule has 0 fully saturated rings. The number of aromatic nitrogens is 2. The fourth-order valence-electron chi connectivity index (χ4n) is 4.25. The highest BCUT2D eigenvalue weighted by molar-refractivity contribution is 9.10. The molecular formula is C29H43BrN2O2. The van der Waals surface area contributed by atoms with Crippen molar-refractivity contribution in [2.75, 3.05) is 6.61 Å². The molecule has 0 aliphatic carbocycles. The number of ether oxygens (including phenoxy) is 1. The number of carbonyl (C=O) groups excluding carboxylic acids is 1. The van der Waals surface area contributed by atoms with Crippen molar-refractivity contribution in [3.63, 3.8) is 0 Å². The first-order chi connectivity index (χ1) is 16.6. The van der Waals surface area contributed by atoms with E-state index < -0.39 is 0 Å². The van der Waals surface area contributed by atoms with Crippen molar-refractivity contribution in [3.05, 3.63) is 46.2 Å². The highest BCUT2D eigenvalue weighted by Gasteiger charge is 2.12. The van der Waals surface area contributed by atoms with Crippen LogP contribution in [0.1, 0.15) is 120 Å². The van der Waals surface area contributed by atoms with Gasteiger partial charge >= 0.3 is 5.97 Å². The minimum atomic E-state index is -0.342. The summed E-state index contributed by atoms with van der Waals surface area (Å²) in [5.41, 5.74) is 3.22. The number of aryl methyl sites for hydroxylation is 1. The highest BCUT2D eigenvalue weighted by Crippen LogP contribution is 2.22. The van der Waals surface area contributed by atoms with Crippen LogP contribution in [0.3, 0.4) is 0 Å². The van der Waals surface area contributed by atoms with E-state index in [2.05, 4.69) is 45.0 Å². The predicted octanol–water partition coefficient (Wildman–Crippen LogP) is 9.11. The zero-order valence-corrected chi connectivity index (χ0v) is 22.9. The number of halogens is 1. The van der Waals surface area contributed by atoms with Gasteiger partial charge in [-0.05, 0) is 65.5 Å². The Morgan fingerprint density at radius 3 is 1.97 bits per heavy atom. The van der Waals surface area contributed by atoms with Gasteiger partial charge in [0.05, 0.1) is 23.6 Å². The van der Waals surface area contributed by atoms with Gasteiger partial charge in [0.25, 0.3) is 0 Å². The summed E-state index contributed by atoms with van der Waals surface area (Å²) in [6.07, 6.45) is 22.1. The van der Waals surface area contributed by atoms with E-state index in [0.717, 1.165) is 12.1 Å². The van der Waals surface area contributed by atoms with Gasteiger partial charge in [0.15, 0.2) is 0 Å². The summed E-state index contributed by atoms with van der Waals surface area (Å²) in [6.45, 7) is 4.43. The maximum atomic E-state index is 12.1. The topological polar surface area (TPSA) is 52.1 Å². The molecule has 2 aromatic rings. The Kier molecular flexibility index (Phi) is 14.8. The van der Waals surface area contributed by atoms with Crippen molar-refractivity contribution in [2.45, 2.75) is 110 Å². The Bertz CT molecular complexity index is 841. The van der Waals surface area contributed by atoms with E-state index in [-0.39, 0.29) is 5.97 Å². The summed E-state index contributed by atoms with van der Waals surface area (Å²) in [7, 11) is 0. The second kappa shape index (κ2) is 17.7. The summed E-state index contributed by atoms with van der Waals surface area (Å²) in [6, 6.07) is 7.60. The van der Waals surface area contributed by atoms with Crippen LogP contribution in [0.4, 0.5) is 0 Å². The number of unbranched alkanes of at least 4 members (excludes halogenated alkanes) is 13. The average Bonchev–Trinajstić information content (AvgIpc) is 2.84. The van der Waals surface area contributed by atoms with Crippen LogP contribution in [-0.2, 0) is 11.2 Å². The van der Waals surface area contributed by atoms with Crippen LogP contribution >= 0.6 is 15.9 Å². The molecule has 5 heteroatoms. The molecule has 0 saturated heterocycles. The van der Waals surface area contributed by atoms with Gasteiger partial charge in [-0.25, -0.2) is 9.78 Å². The van der Waals surface area contributed by atoms with Crippen molar-refractivity contribution in [1.82, 2.24) is 9.97 Å². The van der Waals surface area contributed by atoms with Crippen LogP contribution in [0.15, 0.2) is 35.1 Å². The fourth-order valence-corrected chi connectivity index (χ4v) is 4.69. The van der Waals surface area contributed by atoms with Crippen LogP contribution in [0.25, 0.3) is 11.4 Å². The van der Waals surface area contributed by atoms with Gasteiger partial charge in [-0.1, -0.05) is 90.4 Å². The van der Waals surface area contributed by atoms with E-state index in [1.807, 2.05) is 6.20 Å². The minimum absolute atomic E-state index is 0.342.